The average Bonchev–Trinajstić information content (AvgIpc) is 2.70. The van der Waals surface area contributed by atoms with Crippen molar-refractivity contribution in [3.8, 4) is 5.69 Å². The van der Waals surface area contributed by atoms with Gasteiger partial charge in [-0.05, 0) is 36.4 Å². The molecule has 7 nitrogen and oxygen atoms in total. The Labute approximate surface area is 183 Å². The van der Waals surface area contributed by atoms with Gasteiger partial charge in [-0.2, -0.15) is 26.3 Å². The van der Waals surface area contributed by atoms with E-state index in [0.29, 0.717) is 16.7 Å². The number of hydrogen-bond acceptors (Lipinski definition) is 5. The molecule has 0 aliphatic rings. The van der Waals surface area contributed by atoms with E-state index in [2.05, 4.69) is 10.3 Å². The molecule has 2 aromatic carbocycles. The fourth-order valence-electron chi connectivity index (χ4n) is 2.69. The zero-order valence-corrected chi connectivity index (χ0v) is 16.4. The van der Waals surface area contributed by atoms with Crippen LogP contribution in [0, 0.1) is 15.9 Å². The van der Waals surface area contributed by atoms with Crippen molar-refractivity contribution in [2.75, 3.05) is 5.32 Å². The van der Waals surface area contributed by atoms with Crippen molar-refractivity contribution in [2.45, 2.75) is 12.4 Å². The van der Waals surface area contributed by atoms with Gasteiger partial charge in [0.15, 0.2) is 5.69 Å². The Kier molecular flexibility index (Phi) is 6.06. The lowest BCUT2D eigenvalue weighted by atomic mass is 10.1. The van der Waals surface area contributed by atoms with Crippen LogP contribution >= 0.6 is 11.6 Å². The SMILES string of the molecule is O=c1c(Cl)c(C(F)(F)F)nc(Nc2ccc(C(F)(F)F)cc2[N+](=O)[O-])n1-c1ccc(F)cc1. The molecule has 33 heavy (non-hydrogen) atoms. The molecule has 0 aliphatic heterocycles. The van der Waals surface area contributed by atoms with Crippen LogP contribution in [0.15, 0.2) is 47.3 Å². The van der Waals surface area contributed by atoms with E-state index in [1.807, 2.05) is 0 Å². The van der Waals surface area contributed by atoms with Crippen LogP contribution < -0.4 is 10.9 Å². The number of halogens is 8. The molecule has 0 atom stereocenters. The highest BCUT2D eigenvalue weighted by atomic mass is 35.5. The second-order valence-corrected chi connectivity index (χ2v) is 6.70. The van der Waals surface area contributed by atoms with Crippen LogP contribution in [-0.4, -0.2) is 14.5 Å². The first-order chi connectivity index (χ1) is 15.2. The van der Waals surface area contributed by atoms with Gasteiger partial charge in [-0.1, -0.05) is 11.6 Å². The summed E-state index contributed by atoms with van der Waals surface area (Å²) in [5.74, 6) is -1.73. The molecule has 0 amide bonds. The van der Waals surface area contributed by atoms with E-state index in [1.165, 1.54) is 0 Å². The van der Waals surface area contributed by atoms with Gasteiger partial charge in [0.1, 0.15) is 16.5 Å². The highest BCUT2D eigenvalue weighted by Gasteiger charge is 2.38. The van der Waals surface area contributed by atoms with Gasteiger partial charge < -0.3 is 5.32 Å². The van der Waals surface area contributed by atoms with Crippen molar-refractivity contribution in [3.05, 3.63) is 85.0 Å². The zero-order valence-electron chi connectivity index (χ0n) is 15.6. The van der Waals surface area contributed by atoms with Crippen LogP contribution in [0.1, 0.15) is 11.3 Å². The maximum absolute atomic E-state index is 13.3. The summed E-state index contributed by atoms with van der Waals surface area (Å²) >= 11 is 5.54. The number of nitro groups is 1. The third kappa shape index (κ3) is 4.89. The number of nitrogens with zero attached hydrogens (tertiary/aromatic N) is 3. The summed E-state index contributed by atoms with van der Waals surface area (Å²) in [7, 11) is 0. The minimum absolute atomic E-state index is 0.156. The van der Waals surface area contributed by atoms with Crippen LogP contribution in [0.2, 0.25) is 5.02 Å². The number of alkyl halides is 6. The van der Waals surface area contributed by atoms with E-state index in [-0.39, 0.29) is 11.8 Å². The summed E-state index contributed by atoms with van der Waals surface area (Å²) in [5, 5.41) is 12.0. The number of nitro benzene ring substituents is 1. The molecule has 0 spiro atoms. The zero-order chi connectivity index (χ0) is 24.7. The van der Waals surface area contributed by atoms with E-state index >= 15 is 0 Å². The third-order valence-electron chi connectivity index (χ3n) is 4.15. The van der Waals surface area contributed by atoms with Crippen LogP contribution in [0.25, 0.3) is 5.69 Å². The topological polar surface area (TPSA) is 90.1 Å². The van der Waals surface area contributed by atoms with Gasteiger partial charge in [-0.3, -0.25) is 14.9 Å². The standard InChI is InChI=1S/C18H8ClF7N4O3/c19-13-14(18(24,25)26)28-16(29(15(13)31)10-4-2-9(20)3-5-10)27-11-6-1-8(17(21,22)23)7-12(11)30(32)33/h1-7H,(H,27,28). The van der Waals surface area contributed by atoms with Gasteiger partial charge in [-0.15, -0.1) is 0 Å². The van der Waals surface area contributed by atoms with Crippen LogP contribution in [0.5, 0.6) is 0 Å². The first-order valence-corrected chi connectivity index (χ1v) is 8.86. The number of nitrogens with one attached hydrogen (secondary N) is 1. The normalized spacial score (nSPS) is 12.0. The molecule has 0 saturated carbocycles. The number of anilines is 2. The molecule has 1 N–H and O–H groups in total. The van der Waals surface area contributed by atoms with E-state index in [9.17, 15) is 45.6 Å². The van der Waals surface area contributed by atoms with E-state index in [1.54, 1.807) is 0 Å². The predicted octanol–water partition coefficient (Wildman–Crippen LogP) is 5.71. The first-order valence-electron chi connectivity index (χ1n) is 8.48. The lowest BCUT2D eigenvalue weighted by Crippen LogP contribution is -2.27. The summed E-state index contributed by atoms with van der Waals surface area (Å²) in [6, 6.07) is 4.86. The molecule has 0 saturated heterocycles. The summed E-state index contributed by atoms with van der Waals surface area (Å²) < 4.78 is 92.4. The van der Waals surface area contributed by atoms with Crippen LogP contribution in [0.4, 0.5) is 48.1 Å². The van der Waals surface area contributed by atoms with Crippen molar-refractivity contribution < 1.29 is 35.7 Å². The number of aromatic nitrogens is 2. The molecule has 3 rings (SSSR count). The Bertz CT molecular complexity index is 1290. The van der Waals surface area contributed by atoms with E-state index in [4.69, 9.17) is 11.6 Å². The van der Waals surface area contributed by atoms with Crippen LogP contribution in [-0.2, 0) is 12.4 Å². The highest BCUT2D eigenvalue weighted by Crippen LogP contribution is 2.37. The molecule has 1 aromatic heterocycles. The van der Waals surface area contributed by atoms with E-state index in [0.717, 1.165) is 24.3 Å². The van der Waals surface area contributed by atoms with Crippen molar-refractivity contribution in [1.82, 2.24) is 9.55 Å². The quantitative estimate of drug-likeness (QED) is 0.284. The molecule has 3 aromatic rings. The Morgan fingerprint density at radius 1 is 1.00 bits per heavy atom. The van der Waals surface area contributed by atoms with Crippen molar-refractivity contribution in [1.29, 1.82) is 0 Å². The van der Waals surface area contributed by atoms with Crippen molar-refractivity contribution in [2.24, 2.45) is 0 Å². The number of rotatable bonds is 4. The van der Waals surface area contributed by atoms with Crippen molar-refractivity contribution in [3.63, 3.8) is 0 Å². The second kappa shape index (κ2) is 8.35. The molecule has 0 fully saturated rings. The predicted molar refractivity (Wildman–Crippen MR) is 101 cm³/mol. The molecule has 0 aliphatic carbocycles. The smallest absolute Gasteiger partial charge is 0.319 e. The van der Waals surface area contributed by atoms with Gasteiger partial charge in [0, 0.05) is 6.07 Å². The minimum atomic E-state index is -5.22. The summed E-state index contributed by atoms with van der Waals surface area (Å²) in [5.41, 5.74) is -6.80. The Hall–Kier alpha value is -3.68. The molecule has 0 bridgehead atoms. The van der Waals surface area contributed by atoms with Gasteiger partial charge >= 0.3 is 12.4 Å². The second-order valence-electron chi connectivity index (χ2n) is 6.32. The first kappa shape index (κ1) is 24.0. The summed E-state index contributed by atoms with van der Waals surface area (Å²) in [6.07, 6.45) is -10.2. The van der Waals surface area contributed by atoms with E-state index < -0.39 is 62.3 Å². The molecular formula is C18H8ClF7N4O3. The third-order valence-corrected chi connectivity index (χ3v) is 4.49. The monoisotopic (exact) mass is 496 g/mol. The molecule has 1 heterocycles. The Morgan fingerprint density at radius 3 is 2.12 bits per heavy atom. The Balaban J connectivity index is 2.28. The fourth-order valence-corrected chi connectivity index (χ4v) is 2.92. The molecule has 0 radical (unpaired) electrons. The summed E-state index contributed by atoms with van der Waals surface area (Å²) in [6.45, 7) is 0. The molecule has 15 heteroatoms. The highest BCUT2D eigenvalue weighted by molar-refractivity contribution is 6.31. The summed E-state index contributed by atoms with van der Waals surface area (Å²) in [4.78, 5) is 25.9. The average molecular weight is 497 g/mol. The van der Waals surface area contributed by atoms with Crippen LogP contribution in [0.3, 0.4) is 0 Å². The van der Waals surface area contributed by atoms with Gasteiger partial charge in [0.2, 0.25) is 5.95 Å². The van der Waals surface area contributed by atoms with Gasteiger partial charge in [0.25, 0.3) is 11.2 Å². The minimum Gasteiger partial charge on any atom is -0.319 e. The maximum atomic E-state index is 13.3. The maximum Gasteiger partial charge on any atom is 0.435 e. The molecular weight excluding hydrogens is 489 g/mol. The lowest BCUT2D eigenvalue weighted by Gasteiger charge is -2.17. The van der Waals surface area contributed by atoms with Crippen molar-refractivity contribution >= 4 is 28.9 Å². The van der Waals surface area contributed by atoms with Gasteiger partial charge in [-0.25, -0.2) is 13.9 Å². The number of benzene rings is 2. The molecule has 174 valence electrons. The molecule has 0 unspecified atom stereocenters. The van der Waals surface area contributed by atoms with Gasteiger partial charge in [0.05, 0.1) is 16.2 Å². The largest absolute Gasteiger partial charge is 0.435 e. The lowest BCUT2D eigenvalue weighted by molar-refractivity contribution is -0.384. The Morgan fingerprint density at radius 2 is 1.61 bits per heavy atom. The number of hydrogen-bond donors (Lipinski definition) is 1. The fraction of sp³-hybridized carbons (Fsp3) is 0.111.